The summed E-state index contributed by atoms with van der Waals surface area (Å²) >= 11 is 0. The molecule has 3 heteroatoms. The lowest BCUT2D eigenvalue weighted by molar-refractivity contribution is 0.483. The number of hydrogen-bond acceptors (Lipinski definition) is 3. The van der Waals surface area contributed by atoms with Crippen molar-refractivity contribution in [3.8, 4) is 11.5 Å². The highest BCUT2D eigenvalue weighted by Crippen LogP contribution is 2.25. The van der Waals surface area contributed by atoms with E-state index >= 15 is 0 Å². The molecule has 0 amide bonds. The number of benzene rings is 4. The van der Waals surface area contributed by atoms with Gasteiger partial charge in [0.2, 0.25) is 0 Å². The highest BCUT2D eigenvalue weighted by atomic mass is 16.5. The van der Waals surface area contributed by atoms with Crippen molar-refractivity contribution in [1.82, 2.24) is 0 Å². The van der Waals surface area contributed by atoms with Gasteiger partial charge in [-0.3, -0.25) is 9.98 Å². The van der Waals surface area contributed by atoms with E-state index in [9.17, 15) is 0 Å². The molecule has 0 fully saturated rings. The molecule has 4 aromatic rings. The van der Waals surface area contributed by atoms with Crippen molar-refractivity contribution in [1.29, 1.82) is 0 Å². The Balaban J connectivity index is 1.28. The molecule has 4 rings (SSSR count). The molecule has 3 nitrogen and oxygen atoms in total. The SMILES string of the molecule is C(=Cc1ccccc1)C=Nc1ccc(Oc2ccc(N=CC=Cc3ccccc3)cc2)cc1. The first-order chi connectivity index (χ1) is 16.3. The minimum atomic E-state index is 0.760. The summed E-state index contributed by atoms with van der Waals surface area (Å²) in [6.45, 7) is 0. The molecule has 0 saturated carbocycles. The Hall–Kier alpha value is -4.50. The second-order valence-corrected chi connectivity index (χ2v) is 7.19. The van der Waals surface area contributed by atoms with Crippen LogP contribution in [0.2, 0.25) is 0 Å². The van der Waals surface area contributed by atoms with Gasteiger partial charge < -0.3 is 4.74 Å². The summed E-state index contributed by atoms with van der Waals surface area (Å²) in [6.07, 6.45) is 11.5. The molecule has 33 heavy (non-hydrogen) atoms. The highest BCUT2D eigenvalue weighted by molar-refractivity contribution is 5.81. The zero-order valence-corrected chi connectivity index (χ0v) is 18.2. The fraction of sp³-hybridized carbons (Fsp3) is 0. The molecule has 0 radical (unpaired) electrons. The quantitative estimate of drug-likeness (QED) is 0.260. The molecule has 4 aromatic carbocycles. The van der Waals surface area contributed by atoms with Crippen molar-refractivity contribution in [3.63, 3.8) is 0 Å². The average Bonchev–Trinajstić information content (AvgIpc) is 2.88. The molecule has 0 N–H and O–H groups in total. The lowest BCUT2D eigenvalue weighted by Gasteiger charge is -2.06. The number of hydrogen-bond donors (Lipinski definition) is 0. The lowest BCUT2D eigenvalue weighted by Crippen LogP contribution is -1.83. The molecule has 0 saturated heterocycles. The Labute approximate surface area is 194 Å². The van der Waals surface area contributed by atoms with Crippen LogP contribution in [0.3, 0.4) is 0 Å². The Morgan fingerprint density at radius 1 is 0.455 bits per heavy atom. The smallest absolute Gasteiger partial charge is 0.127 e. The molecule has 0 unspecified atom stereocenters. The first-order valence-electron chi connectivity index (χ1n) is 10.7. The van der Waals surface area contributed by atoms with Crippen molar-refractivity contribution < 1.29 is 4.74 Å². The van der Waals surface area contributed by atoms with Crippen molar-refractivity contribution in [3.05, 3.63) is 132 Å². The van der Waals surface area contributed by atoms with Crippen LogP contribution >= 0.6 is 0 Å². The van der Waals surface area contributed by atoms with Gasteiger partial charge in [-0.1, -0.05) is 72.8 Å². The summed E-state index contributed by atoms with van der Waals surface area (Å²) in [4.78, 5) is 8.89. The van der Waals surface area contributed by atoms with Gasteiger partial charge in [-0.25, -0.2) is 0 Å². The van der Waals surface area contributed by atoms with Gasteiger partial charge in [0.25, 0.3) is 0 Å². The van der Waals surface area contributed by atoms with E-state index in [0.29, 0.717) is 0 Å². The van der Waals surface area contributed by atoms with E-state index in [-0.39, 0.29) is 0 Å². The Morgan fingerprint density at radius 3 is 1.24 bits per heavy atom. The van der Waals surface area contributed by atoms with E-state index in [1.807, 2.05) is 109 Å². The molecule has 0 aliphatic rings. The normalized spacial score (nSPS) is 11.8. The summed E-state index contributed by atoms with van der Waals surface area (Å²) < 4.78 is 5.92. The Kier molecular flexibility index (Phi) is 7.75. The topological polar surface area (TPSA) is 34.0 Å². The van der Waals surface area contributed by atoms with Gasteiger partial charge in [-0.15, -0.1) is 0 Å². The summed E-state index contributed by atoms with van der Waals surface area (Å²) in [6, 6.07) is 35.6. The van der Waals surface area contributed by atoms with Gasteiger partial charge in [0.05, 0.1) is 11.4 Å². The second-order valence-electron chi connectivity index (χ2n) is 7.19. The molecule has 0 bridgehead atoms. The maximum Gasteiger partial charge on any atom is 0.127 e. The fourth-order valence-corrected chi connectivity index (χ4v) is 3.03. The van der Waals surface area contributed by atoms with Crippen LogP contribution in [-0.2, 0) is 0 Å². The van der Waals surface area contributed by atoms with Crippen LogP contribution in [0.25, 0.3) is 12.2 Å². The summed E-state index contributed by atoms with van der Waals surface area (Å²) in [7, 11) is 0. The zero-order chi connectivity index (χ0) is 22.6. The van der Waals surface area contributed by atoms with Crippen LogP contribution in [0, 0.1) is 0 Å². The molecular weight excluding hydrogens is 404 g/mol. The van der Waals surface area contributed by atoms with E-state index in [1.54, 1.807) is 12.4 Å². The molecule has 0 aromatic heterocycles. The lowest BCUT2D eigenvalue weighted by atomic mass is 10.2. The van der Waals surface area contributed by atoms with Gasteiger partial charge >= 0.3 is 0 Å². The predicted molar refractivity (Wildman–Crippen MR) is 140 cm³/mol. The average molecular weight is 429 g/mol. The molecule has 0 spiro atoms. The number of allylic oxidation sites excluding steroid dienone is 2. The third-order valence-electron chi connectivity index (χ3n) is 4.70. The minimum absolute atomic E-state index is 0.760. The number of nitrogens with zero attached hydrogens (tertiary/aromatic N) is 2. The van der Waals surface area contributed by atoms with Crippen LogP contribution in [-0.4, -0.2) is 12.4 Å². The minimum Gasteiger partial charge on any atom is -0.457 e. The predicted octanol–water partition coefficient (Wildman–Crippen LogP) is 8.31. The van der Waals surface area contributed by atoms with E-state index in [2.05, 4.69) is 34.3 Å². The van der Waals surface area contributed by atoms with Crippen LogP contribution in [0.15, 0.2) is 131 Å². The monoisotopic (exact) mass is 428 g/mol. The van der Waals surface area contributed by atoms with Crippen LogP contribution in [0.4, 0.5) is 11.4 Å². The molecular formula is C30H24N2O. The number of rotatable bonds is 8. The largest absolute Gasteiger partial charge is 0.457 e. The van der Waals surface area contributed by atoms with Crippen molar-refractivity contribution in [2.24, 2.45) is 9.98 Å². The molecule has 0 aliphatic heterocycles. The summed E-state index contributed by atoms with van der Waals surface area (Å²) in [5, 5.41) is 0. The third-order valence-corrected chi connectivity index (χ3v) is 4.70. The van der Waals surface area contributed by atoms with Crippen LogP contribution in [0.1, 0.15) is 11.1 Å². The maximum absolute atomic E-state index is 5.92. The van der Waals surface area contributed by atoms with Gasteiger partial charge in [-0.05, 0) is 71.8 Å². The van der Waals surface area contributed by atoms with E-state index in [0.717, 1.165) is 34.0 Å². The molecule has 0 heterocycles. The van der Waals surface area contributed by atoms with Crippen molar-refractivity contribution in [2.45, 2.75) is 0 Å². The maximum atomic E-state index is 5.92. The van der Waals surface area contributed by atoms with Crippen LogP contribution < -0.4 is 4.74 Å². The number of ether oxygens (including phenoxy) is 1. The van der Waals surface area contributed by atoms with Crippen molar-refractivity contribution in [2.75, 3.05) is 0 Å². The third kappa shape index (κ3) is 7.30. The molecule has 0 aliphatic carbocycles. The van der Waals surface area contributed by atoms with E-state index in [4.69, 9.17) is 4.74 Å². The van der Waals surface area contributed by atoms with Crippen LogP contribution in [0.5, 0.6) is 11.5 Å². The zero-order valence-electron chi connectivity index (χ0n) is 18.2. The summed E-state index contributed by atoms with van der Waals surface area (Å²) in [5.41, 5.74) is 4.03. The van der Waals surface area contributed by atoms with E-state index < -0.39 is 0 Å². The van der Waals surface area contributed by atoms with Gasteiger partial charge in [0.1, 0.15) is 11.5 Å². The molecule has 0 atom stereocenters. The van der Waals surface area contributed by atoms with Gasteiger partial charge in [0, 0.05) is 12.4 Å². The highest BCUT2D eigenvalue weighted by Gasteiger charge is 1.98. The second kappa shape index (κ2) is 11.8. The standard InChI is InChI=1S/C30H24N2O/c1-3-9-25(10-4-1)13-7-23-31-27-15-19-29(20-16-27)33-30-21-17-28(18-22-30)32-24-8-14-26-11-5-2-6-12-26/h1-24H. The van der Waals surface area contributed by atoms with Gasteiger partial charge in [-0.2, -0.15) is 0 Å². The van der Waals surface area contributed by atoms with E-state index in [1.165, 1.54) is 0 Å². The van der Waals surface area contributed by atoms with Crippen molar-refractivity contribution >= 4 is 36.0 Å². The van der Waals surface area contributed by atoms with Gasteiger partial charge in [0.15, 0.2) is 0 Å². The molecule has 160 valence electrons. The first-order valence-corrected chi connectivity index (χ1v) is 10.7. The first kappa shape index (κ1) is 21.7. The Bertz CT molecular complexity index is 1140. The fourth-order valence-electron chi connectivity index (χ4n) is 3.03. The Morgan fingerprint density at radius 2 is 0.848 bits per heavy atom. The summed E-state index contributed by atoms with van der Waals surface area (Å²) in [5.74, 6) is 1.52. The number of aliphatic imine (C=N–C) groups is 2.